The van der Waals surface area contributed by atoms with Gasteiger partial charge < -0.3 is 10.2 Å². The molecule has 4 aliphatic rings. The molecule has 0 radical (unpaired) electrons. The summed E-state index contributed by atoms with van der Waals surface area (Å²) in [5, 5.41) is 19.9. The summed E-state index contributed by atoms with van der Waals surface area (Å²) < 4.78 is 0. The van der Waals surface area contributed by atoms with E-state index in [1.165, 1.54) is 24.8 Å². The van der Waals surface area contributed by atoms with Crippen molar-refractivity contribution in [1.29, 1.82) is 0 Å². The Kier molecular flexibility index (Phi) is 4.77. The van der Waals surface area contributed by atoms with Crippen LogP contribution in [0.5, 0.6) is 0 Å². The predicted octanol–water partition coefficient (Wildman–Crippen LogP) is 4.36. The van der Waals surface area contributed by atoms with Crippen molar-refractivity contribution in [2.45, 2.75) is 84.2 Å². The van der Waals surface area contributed by atoms with Gasteiger partial charge in [0.2, 0.25) is 0 Å². The number of rotatable bonds is 3. The molecule has 4 aliphatic carbocycles. The standard InChI is InChI=1S/C23H34O4/c1-22-10-4-6-15(22)19-16(9-11-22)23(2)12-8-14(5-3-7-18(24)25)13-17(23)20(26)21(19)27/h5,15-17,19-20,26H,3-4,6-13H2,1-2H3,(H,24,25)/b14-5-/t15-,16-,17?,19-,20+,22-,23+/m0/s1. The molecule has 0 heterocycles. The SMILES string of the molecule is C[C@@]12CCC[C@H]1[C@@H]1C(=O)[C@H](O)C3C/C(=C\CCC(=O)O)CC[C@]3(C)[C@H]1CC2. The van der Waals surface area contributed by atoms with Crippen LogP contribution in [0.25, 0.3) is 0 Å². The number of Topliss-reactive ketones (excluding diaryl/α,β-unsaturated/α-hetero) is 1. The van der Waals surface area contributed by atoms with E-state index in [0.29, 0.717) is 23.7 Å². The van der Waals surface area contributed by atoms with Crippen molar-refractivity contribution in [3.63, 3.8) is 0 Å². The molecule has 2 N–H and O–H groups in total. The van der Waals surface area contributed by atoms with Gasteiger partial charge in [-0.25, -0.2) is 0 Å². The van der Waals surface area contributed by atoms with Gasteiger partial charge in [0, 0.05) is 18.3 Å². The molecule has 4 fully saturated rings. The fourth-order valence-corrected chi connectivity index (χ4v) is 7.41. The van der Waals surface area contributed by atoms with E-state index in [4.69, 9.17) is 5.11 Å². The summed E-state index contributed by atoms with van der Waals surface area (Å²) in [5.74, 6) is 0.276. The molecule has 4 rings (SSSR count). The molecule has 0 aromatic heterocycles. The minimum absolute atomic E-state index is 0.00170. The quantitative estimate of drug-likeness (QED) is 0.720. The Morgan fingerprint density at radius 2 is 1.93 bits per heavy atom. The number of aliphatic carboxylic acids is 1. The summed E-state index contributed by atoms with van der Waals surface area (Å²) in [6.45, 7) is 4.70. The van der Waals surface area contributed by atoms with Crippen molar-refractivity contribution >= 4 is 11.8 Å². The van der Waals surface area contributed by atoms with Crippen LogP contribution < -0.4 is 0 Å². The summed E-state index contributed by atoms with van der Waals surface area (Å²) in [6, 6.07) is 0. The molecule has 4 heteroatoms. The lowest BCUT2D eigenvalue weighted by Crippen LogP contribution is -2.61. The van der Waals surface area contributed by atoms with Crippen molar-refractivity contribution in [2.24, 2.45) is 34.5 Å². The molecule has 0 saturated heterocycles. The van der Waals surface area contributed by atoms with E-state index in [9.17, 15) is 14.7 Å². The molecule has 0 spiro atoms. The van der Waals surface area contributed by atoms with Crippen LogP contribution in [0.3, 0.4) is 0 Å². The van der Waals surface area contributed by atoms with Crippen LogP contribution >= 0.6 is 0 Å². The molecule has 27 heavy (non-hydrogen) atoms. The van der Waals surface area contributed by atoms with E-state index in [1.54, 1.807) is 0 Å². The van der Waals surface area contributed by atoms with Crippen molar-refractivity contribution in [2.75, 3.05) is 0 Å². The van der Waals surface area contributed by atoms with Crippen LogP contribution in [-0.2, 0) is 9.59 Å². The van der Waals surface area contributed by atoms with E-state index < -0.39 is 12.1 Å². The van der Waals surface area contributed by atoms with Crippen molar-refractivity contribution in [1.82, 2.24) is 0 Å². The van der Waals surface area contributed by atoms with Gasteiger partial charge in [0.05, 0.1) is 0 Å². The highest BCUT2D eigenvalue weighted by Crippen LogP contribution is 2.65. The number of carboxylic acid groups (broad SMARTS) is 1. The van der Waals surface area contributed by atoms with Gasteiger partial charge in [-0.2, -0.15) is 0 Å². The van der Waals surface area contributed by atoms with Crippen molar-refractivity contribution < 1.29 is 19.8 Å². The Morgan fingerprint density at radius 1 is 1.15 bits per heavy atom. The minimum Gasteiger partial charge on any atom is -0.481 e. The normalized spacial score (nSPS) is 48.0. The molecule has 0 aromatic carbocycles. The first-order chi connectivity index (χ1) is 12.8. The van der Waals surface area contributed by atoms with Gasteiger partial charge in [-0.15, -0.1) is 0 Å². The van der Waals surface area contributed by atoms with Gasteiger partial charge in [-0.3, -0.25) is 9.59 Å². The molecule has 4 saturated carbocycles. The van der Waals surface area contributed by atoms with Gasteiger partial charge in [-0.05, 0) is 74.0 Å². The minimum atomic E-state index is -0.845. The predicted molar refractivity (Wildman–Crippen MR) is 103 cm³/mol. The first-order valence-corrected chi connectivity index (χ1v) is 10.9. The van der Waals surface area contributed by atoms with E-state index in [0.717, 1.165) is 32.1 Å². The number of aliphatic hydroxyl groups is 1. The second-order valence-corrected chi connectivity index (χ2v) is 10.3. The molecule has 0 aromatic rings. The number of aliphatic hydroxyl groups excluding tert-OH is 1. The van der Waals surface area contributed by atoms with E-state index >= 15 is 0 Å². The fraction of sp³-hybridized carbons (Fsp3) is 0.826. The Balaban J connectivity index is 1.58. The van der Waals surface area contributed by atoms with Gasteiger partial charge in [0.1, 0.15) is 6.10 Å². The molecule has 0 amide bonds. The molecule has 0 bridgehead atoms. The number of ketones is 1. The van der Waals surface area contributed by atoms with Gasteiger partial charge in [0.25, 0.3) is 0 Å². The molecular weight excluding hydrogens is 340 g/mol. The third-order valence-electron chi connectivity index (χ3n) is 9.01. The molecule has 0 aliphatic heterocycles. The summed E-state index contributed by atoms with van der Waals surface area (Å²) in [6.07, 6.45) is 10.6. The molecular formula is C23H34O4. The Hall–Kier alpha value is -1.16. The zero-order valence-corrected chi connectivity index (χ0v) is 16.7. The third kappa shape index (κ3) is 2.99. The number of carbonyl (C=O) groups excluding carboxylic acids is 1. The smallest absolute Gasteiger partial charge is 0.303 e. The summed E-state index contributed by atoms with van der Waals surface area (Å²) in [7, 11) is 0. The second-order valence-electron chi connectivity index (χ2n) is 10.3. The number of carbonyl (C=O) groups is 2. The van der Waals surface area contributed by atoms with Crippen LogP contribution in [-0.4, -0.2) is 28.1 Å². The van der Waals surface area contributed by atoms with Gasteiger partial charge in [-0.1, -0.05) is 31.9 Å². The van der Waals surface area contributed by atoms with Crippen LogP contribution in [0.4, 0.5) is 0 Å². The zero-order chi connectivity index (χ0) is 19.4. The topological polar surface area (TPSA) is 74.6 Å². The fourth-order valence-electron chi connectivity index (χ4n) is 7.41. The van der Waals surface area contributed by atoms with Crippen LogP contribution in [0.15, 0.2) is 11.6 Å². The average Bonchev–Trinajstić information content (AvgIpc) is 3.01. The number of fused-ring (bicyclic) bond motifs is 5. The average molecular weight is 375 g/mol. The summed E-state index contributed by atoms with van der Waals surface area (Å²) >= 11 is 0. The van der Waals surface area contributed by atoms with Crippen LogP contribution in [0.1, 0.15) is 78.1 Å². The maximum Gasteiger partial charge on any atom is 0.303 e. The molecule has 150 valence electrons. The number of carboxylic acids is 1. The van der Waals surface area contributed by atoms with E-state index in [2.05, 4.69) is 13.8 Å². The highest BCUT2D eigenvalue weighted by molar-refractivity contribution is 5.87. The number of hydrogen-bond donors (Lipinski definition) is 2. The second kappa shape index (κ2) is 6.72. The number of allylic oxidation sites excluding steroid dienone is 2. The van der Waals surface area contributed by atoms with E-state index in [1.807, 2.05) is 6.08 Å². The van der Waals surface area contributed by atoms with Gasteiger partial charge >= 0.3 is 5.97 Å². The van der Waals surface area contributed by atoms with Crippen LogP contribution in [0, 0.1) is 34.5 Å². The Bertz CT molecular complexity index is 667. The Morgan fingerprint density at radius 3 is 2.67 bits per heavy atom. The largest absolute Gasteiger partial charge is 0.481 e. The Labute approximate surface area is 162 Å². The molecule has 1 unspecified atom stereocenters. The molecule has 4 nitrogen and oxygen atoms in total. The maximum atomic E-state index is 13.3. The number of hydrogen-bond acceptors (Lipinski definition) is 3. The highest BCUT2D eigenvalue weighted by atomic mass is 16.4. The maximum absolute atomic E-state index is 13.3. The lowest BCUT2D eigenvalue weighted by molar-refractivity contribution is -0.173. The first-order valence-electron chi connectivity index (χ1n) is 10.9. The summed E-state index contributed by atoms with van der Waals surface area (Å²) in [4.78, 5) is 24.1. The van der Waals surface area contributed by atoms with Crippen molar-refractivity contribution in [3.05, 3.63) is 11.6 Å². The molecule has 7 atom stereocenters. The van der Waals surface area contributed by atoms with Gasteiger partial charge in [0.15, 0.2) is 5.78 Å². The van der Waals surface area contributed by atoms with Crippen LogP contribution in [0.2, 0.25) is 0 Å². The zero-order valence-electron chi connectivity index (χ0n) is 16.7. The van der Waals surface area contributed by atoms with E-state index in [-0.39, 0.29) is 29.5 Å². The summed E-state index contributed by atoms with van der Waals surface area (Å²) in [5.41, 5.74) is 1.58. The third-order valence-corrected chi connectivity index (χ3v) is 9.01. The highest BCUT2D eigenvalue weighted by Gasteiger charge is 2.63. The van der Waals surface area contributed by atoms with Crippen molar-refractivity contribution in [3.8, 4) is 0 Å². The lowest BCUT2D eigenvalue weighted by atomic mass is 9.44. The monoisotopic (exact) mass is 374 g/mol. The lowest BCUT2D eigenvalue weighted by Gasteiger charge is -2.60. The first kappa shape index (κ1) is 19.2.